The van der Waals surface area contributed by atoms with Gasteiger partial charge in [-0.15, -0.1) is 11.3 Å². The molecule has 0 spiro atoms. The fourth-order valence-corrected chi connectivity index (χ4v) is 4.31. The van der Waals surface area contributed by atoms with E-state index in [0.717, 1.165) is 21.8 Å². The van der Waals surface area contributed by atoms with Gasteiger partial charge in [0.05, 0.1) is 32.2 Å². The molecule has 0 saturated carbocycles. The van der Waals surface area contributed by atoms with E-state index < -0.39 is 0 Å². The molecule has 0 atom stereocenters. The summed E-state index contributed by atoms with van der Waals surface area (Å²) in [5.74, 6) is 0.538. The summed E-state index contributed by atoms with van der Waals surface area (Å²) in [4.78, 5) is 26.9. The maximum absolute atomic E-state index is 12.4. The molecule has 0 bridgehead atoms. The minimum atomic E-state index is -0.356. The molecule has 3 rings (SSSR count). The third kappa shape index (κ3) is 4.26. The minimum absolute atomic E-state index is 0.192. The molecular weight excluding hydrogens is 378 g/mol. The summed E-state index contributed by atoms with van der Waals surface area (Å²) in [7, 11) is 1.59. The van der Waals surface area contributed by atoms with Crippen LogP contribution in [0, 0.1) is 11.3 Å². The quantitative estimate of drug-likeness (QED) is 0.833. The Morgan fingerprint density at radius 3 is 2.71 bits per heavy atom. The number of nitriles is 1. The Hall–Kier alpha value is -3.05. The average Bonchev–Trinajstić information content (AvgIpc) is 3.04. The maximum Gasteiger partial charge on any atom is 0.410 e. The van der Waals surface area contributed by atoms with E-state index in [1.165, 1.54) is 11.3 Å². The van der Waals surface area contributed by atoms with Crippen LogP contribution in [0.3, 0.4) is 0 Å². The number of hydrogen-bond donors (Lipinski definition) is 1. The van der Waals surface area contributed by atoms with Crippen molar-refractivity contribution in [2.24, 2.45) is 0 Å². The molecule has 2 aromatic rings. The first-order valence-electron chi connectivity index (χ1n) is 8.94. The Labute approximate surface area is 167 Å². The summed E-state index contributed by atoms with van der Waals surface area (Å²) in [6, 6.07) is 9.47. The number of ether oxygens (including phenoxy) is 2. The molecule has 0 unspecified atom stereocenters. The number of carbonyl (C=O) groups excluding carboxylic acids is 2. The van der Waals surface area contributed by atoms with E-state index in [9.17, 15) is 14.9 Å². The van der Waals surface area contributed by atoms with Crippen molar-refractivity contribution in [3.8, 4) is 11.8 Å². The number of carbonyl (C=O) groups is 2. The molecular formula is C20H21N3O4S. The van der Waals surface area contributed by atoms with Crippen LogP contribution in [-0.2, 0) is 28.9 Å². The Morgan fingerprint density at radius 1 is 1.32 bits per heavy atom. The predicted octanol–water partition coefficient (Wildman–Crippen LogP) is 3.32. The van der Waals surface area contributed by atoms with Crippen molar-refractivity contribution in [3.63, 3.8) is 0 Å². The van der Waals surface area contributed by atoms with Crippen molar-refractivity contribution in [1.82, 2.24) is 4.90 Å². The Kier molecular flexibility index (Phi) is 6.16. The van der Waals surface area contributed by atoms with E-state index in [-0.39, 0.29) is 18.4 Å². The first-order valence-corrected chi connectivity index (χ1v) is 9.76. The molecule has 1 aliphatic heterocycles. The van der Waals surface area contributed by atoms with Crippen LogP contribution in [0.15, 0.2) is 24.3 Å². The van der Waals surface area contributed by atoms with Gasteiger partial charge in [0, 0.05) is 11.4 Å². The number of thiophene rings is 1. The zero-order valence-corrected chi connectivity index (χ0v) is 16.6. The lowest BCUT2D eigenvalue weighted by atomic mass is 10.0. The van der Waals surface area contributed by atoms with E-state index in [1.54, 1.807) is 31.1 Å². The van der Waals surface area contributed by atoms with Crippen LogP contribution < -0.4 is 10.1 Å². The van der Waals surface area contributed by atoms with E-state index in [1.807, 2.05) is 12.1 Å². The fraction of sp³-hybridized carbons (Fsp3) is 0.350. The lowest BCUT2D eigenvalue weighted by Gasteiger charge is -2.25. The lowest BCUT2D eigenvalue weighted by molar-refractivity contribution is -0.115. The van der Waals surface area contributed by atoms with Gasteiger partial charge in [-0.2, -0.15) is 5.26 Å². The molecule has 0 aliphatic carbocycles. The van der Waals surface area contributed by atoms with E-state index >= 15 is 0 Å². The van der Waals surface area contributed by atoms with Crippen LogP contribution >= 0.6 is 11.3 Å². The van der Waals surface area contributed by atoms with Crippen LogP contribution in [0.2, 0.25) is 0 Å². The number of hydrogen-bond acceptors (Lipinski definition) is 6. The summed E-state index contributed by atoms with van der Waals surface area (Å²) in [5, 5.41) is 13.0. The largest absolute Gasteiger partial charge is 0.497 e. The first-order chi connectivity index (χ1) is 13.5. The number of rotatable bonds is 5. The summed E-state index contributed by atoms with van der Waals surface area (Å²) in [5.41, 5.74) is 2.26. The Morgan fingerprint density at radius 2 is 2.07 bits per heavy atom. The molecule has 0 fully saturated rings. The van der Waals surface area contributed by atoms with Crippen LogP contribution in [0.4, 0.5) is 9.80 Å². The zero-order chi connectivity index (χ0) is 20.1. The highest BCUT2D eigenvalue weighted by Gasteiger charge is 2.28. The van der Waals surface area contributed by atoms with E-state index in [4.69, 9.17) is 9.47 Å². The highest BCUT2D eigenvalue weighted by Crippen LogP contribution is 2.36. The topological polar surface area (TPSA) is 91.7 Å². The van der Waals surface area contributed by atoms with Gasteiger partial charge in [0.1, 0.15) is 16.8 Å². The van der Waals surface area contributed by atoms with Crippen molar-refractivity contribution < 1.29 is 19.1 Å². The predicted molar refractivity (Wildman–Crippen MR) is 105 cm³/mol. The van der Waals surface area contributed by atoms with Crippen molar-refractivity contribution >= 4 is 28.3 Å². The van der Waals surface area contributed by atoms with E-state index in [2.05, 4.69) is 11.4 Å². The van der Waals surface area contributed by atoms with Gasteiger partial charge in [0.15, 0.2) is 0 Å². The molecule has 7 nitrogen and oxygen atoms in total. The van der Waals surface area contributed by atoms with E-state index in [0.29, 0.717) is 36.7 Å². The summed E-state index contributed by atoms with van der Waals surface area (Å²) < 4.78 is 10.2. The van der Waals surface area contributed by atoms with Gasteiger partial charge >= 0.3 is 6.09 Å². The van der Waals surface area contributed by atoms with Crippen molar-refractivity contribution in [3.05, 3.63) is 45.8 Å². The van der Waals surface area contributed by atoms with Gasteiger partial charge < -0.3 is 19.7 Å². The maximum atomic E-state index is 12.4. The summed E-state index contributed by atoms with van der Waals surface area (Å²) >= 11 is 1.35. The van der Waals surface area contributed by atoms with Gasteiger partial charge in [-0.3, -0.25) is 4.79 Å². The van der Waals surface area contributed by atoms with Crippen LogP contribution in [0.1, 0.15) is 28.5 Å². The molecule has 28 heavy (non-hydrogen) atoms. The highest BCUT2D eigenvalue weighted by molar-refractivity contribution is 7.16. The molecule has 8 heteroatoms. The Balaban J connectivity index is 1.71. The molecule has 1 N–H and O–H groups in total. The van der Waals surface area contributed by atoms with Crippen molar-refractivity contribution in [2.75, 3.05) is 25.6 Å². The van der Waals surface area contributed by atoms with Gasteiger partial charge in [0.25, 0.3) is 0 Å². The number of methoxy groups -OCH3 is 1. The number of amides is 2. The average molecular weight is 399 g/mol. The van der Waals surface area contributed by atoms with Crippen LogP contribution in [0.25, 0.3) is 0 Å². The lowest BCUT2D eigenvalue weighted by Crippen LogP contribution is -2.35. The molecule has 2 amide bonds. The minimum Gasteiger partial charge on any atom is -0.497 e. The second-order valence-corrected chi connectivity index (χ2v) is 7.37. The van der Waals surface area contributed by atoms with Crippen LogP contribution in [-0.4, -0.2) is 37.2 Å². The van der Waals surface area contributed by atoms with Gasteiger partial charge in [-0.05, 0) is 36.6 Å². The second kappa shape index (κ2) is 8.76. The molecule has 0 radical (unpaired) electrons. The smallest absolute Gasteiger partial charge is 0.410 e. The van der Waals surface area contributed by atoms with Gasteiger partial charge in [-0.1, -0.05) is 12.1 Å². The van der Waals surface area contributed by atoms with Crippen LogP contribution in [0.5, 0.6) is 5.75 Å². The van der Waals surface area contributed by atoms with Crippen molar-refractivity contribution in [1.29, 1.82) is 5.26 Å². The molecule has 1 aromatic heterocycles. The third-order valence-corrected chi connectivity index (χ3v) is 5.60. The number of nitrogens with one attached hydrogen (secondary N) is 1. The molecule has 1 aliphatic rings. The fourth-order valence-electron chi connectivity index (χ4n) is 3.08. The summed E-state index contributed by atoms with van der Waals surface area (Å²) in [6.45, 7) is 2.98. The number of fused-ring (bicyclic) bond motifs is 1. The number of benzene rings is 1. The monoisotopic (exact) mass is 399 g/mol. The van der Waals surface area contributed by atoms with Crippen molar-refractivity contribution in [2.45, 2.75) is 26.3 Å². The standard InChI is InChI=1S/C20H21N3O4S/c1-3-27-20(25)23-9-8-15-16(11-21)19(28-17(15)12-23)22-18(24)10-13-4-6-14(26-2)7-5-13/h4-7H,3,8-10,12H2,1-2H3,(H,22,24). The zero-order valence-electron chi connectivity index (χ0n) is 15.8. The molecule has 146 valence electrons. The molecule has 2 heterocycles. The normalized spacial score (nSPS) is 12.7. The molecule has 1 aromatic carbocycles. The second-order valence-electron chi connectivity index (χ2n) is 6.26. The molecule has 0 saturated heterocycles. The first kappa shape index (κ1) is 19.7. The SMILES string of the molecule is CCOC(=O)N1CCc2c(sc(NC(=O)Cc3ccc(OC)cc3)c2C#N)C1. The number of nitrogens with zero attached hydrogens (tertiary/aromatic N) is 2. The van der Waals surface area contributed by atoms with Gasteiger partial charge in [-0.25, -0.2) is 4.79 Å². The summed E-state index contributed by atoms with van der Waals surface area (Å²) in [6.07, 6.45) is 0.416. The third-order valence-electron chi connectivity index (χ3n) is 4.47. The number of anilines is 1. The van der Waals surface area contributed by atoms with Gasteiger partial charge in [0.2, 0.25) is 5.91 Å². The Bertz CT molecular complexity index is 915. The highest BCUT2D eigenvalue weighted by atomic mass is 32.1.